The standard InChI is InChI=1S/C20H23N3O5/c1-2-13-28-20(27)21-14-7-10-22(11-8-14)17(24)9-12-23-18(25)15-5-3-4-6-16(15)19(23)26/h2-6,14H,1,7-13H2,(H,21,27). The van der Waals surface area contributed by atoms with E-state index in [9.17, 15) is 19.2 Å². The average Bonchev–Trinajstić information content (AvgIpc) is 2.95. The molecule has 1 aromatic carbocycles. The topological polar surface area (TPSA) is 96.0 Å². The number of hydrogen-bond acceptors (Lipinski definition) is 5. The zero-order chi connectivity index (χ0) is 20.1. The minimum absolute atomic E-state index is 0.0439. The van der Waals surface area contributed by atoms with Crippen molar-refractivity contribution < 1.29 is 23.9 Å². The molecule has 1 saturated heterocycles. The monoisotopic (exact) mass is 385 g/mol. The van der Waals surface area contributed by atoms with Crippen LogP contribution in [0.25, 0.3) is 0 Å². The summed E-state index contributed by atoms with van der Waals surface area (Å²) in [6, 6.07) is 6.62. The fourth-order valence-electron chi connectivity index (χ4n) is 3.42. The van der Waals surface area contributed by atoms with E-state index in [1.165, 1.54) is 6.08 Å². The molecule has 3 rings (SSSR count). The highest BCUT2D eigenvalue weighted by atomic mass is 16.5. The highest BCUT2D eigenvalue weighted by Gasteiger charge is 2.35. The van der Waals surface area contributed by atoms with Gasteiger partial charge in [0, 0.05) is 32.1 Å². The molecule has 0 atom stereocenters. The molecule has 0 aromatic heterocycles. The first-order valence-electron chi connectivity index (χ1n) is 9.28. The SMILES string of the molecule is C=CCOC(=O)NC1CCN(C(=O)CCN2C(=O)c3ccccc3C2=O)CC1. The number of amides is 4. The van der Waals surface area contributed by atoms with Gasteiger partial charge in [-0.3, -0.25) is 19.3 Å². The zero-order valence-corrected chi connectivity index (χ0v) is 15.6. The summed E-state index contributed by atoms with van der Waals surface area (Å²) >= 11 is 0. The Labute approximate surface area is 163 Å². The summed E-state index contributed by atoms with van der Waals surface area (Å²) in [7, 11) is 0. The number of carbonyl (C=O) groups excluding carboxylic acids is 4. The zero-order valence-electron chi connectivity index (χ0n) is 15.6. The largest absolute Gasteiger partial charge is 0.445 e. The van der Waals surface area contributed by atoms with Crippen molar-refractivity contribution in [1.29, 1.82) is 0 Å². The lowest BCUT2D eigenvalue weighted by Crippen LogP contribution is -2.47. The number of rotatable bonds is 6. The lowest BCUT2D eigenvalue weighted by Gasteiger charge is -2.32. The molecule has 1 N–H and O–H groups in total. The van der Waals surface area contributed by atoms with Crippen molar-refractivity contribution >= 4 is 23.8 Å². The first-order chi connectivity index (χ1) is 13.5. The summed E-state index contributed by atoms with van der Waals surface area (Å²) in [6.07, 6.45) is 2.35. The molecule has 0 spiro atoms. The van der Waals surface area contributed by atoms with E-state index in [2.05, 4.69) is 11.9 Å². The Morgan fingerprint density at radius 3 is 2.32 bits per heavy atom. The molecule has 2 aliphatic rings. The third-order valence-corrected chi connectivity index (χ3v) is 4.93. The van der Waals surface area contributed by atoms with E-state index in [4.69, 9.17) is 4.74 Å². The fourth-order valence-corrected chi connectivity index (χ4v) is 3.42. The van der Waals surface area contributed by atoms with Crippen LogP contribution in [0.15, 0.2) is 36.9 Å². The highest BCUT2D eigenvalue weighted by Crippen LogP contribution is 2.22. The van der Waals surface area contributed by atoms with Crippen LogP contribution in [0.2, 0.25) is 0 Å². The summed E-state index contributed by atoms with van der Waals surface area (Å²) in [5, 5.41) is 2.77. The Kier molecular flexibility index (Phi) is 6.08. The molecular weight excluding hydrogens is 362 g/mol. The van der Waals surface area contributed by atoms with Gasteiger partial charge in [0.2, 0.25) is 5.91 Å². The molecule has 28 heavy (non-hydrogen) atoms. The van der Waals surface area contributed by atoms with E-state index < -0.39 is 6.09 Å². The second-order valence-corrected chi connectivity index (χ2v) is 6.74. The highest BCUT2D eigenvalue weighted by molar-refractivity contribution is 6.21. The van der Waals surface area contributed by atoms with Crippen molar-refractivity contribution in [1.82, 2.24) is 15.1 Å². The molecule has 0 bridgehead atoms. The molecular formula is C20H23N3O5. The van der Waals surface area contributed by atoms with Crippen molar-refractivity contribution in [3.63, 3.8) is 0 Å². The lowest BCUT2D eigenvalue weighted by atomic mass is 10.0. The number of hydrogen-bond donors (Lipinski definition) is 1. The molecule has 4 amide bonds. The number of ether oxygens (including phenoxy) is 1. The smallest absolute Gasteiger partial charge is 0.407 e. The van der Waals surface area contributed by atoms with Crippen LogP contribution in [0.5, 0.6) is 0 Å². The van der Waals surface area contributed by atoms with E-state index in [0.29, 0.717) is 37.1 Å². The number of carbonyl (C=O) groups is 4. The summed E-state index contributed by atoms with van der Waals surface area (Å²) in [4.78, 5) is 51.5. The van der Waals surface area contributed by atoms with E-state index in [-0.39, 0.29) is 43.3 Å². The Morgan fingerprint density at radius 1 is 1.14 bits per heavy atom. The van der Waals surface area contributed by atoms with E-state index in [1.807, 2.05) is 0 Å². The van der Waals surface area contributed by atoms with Crippen LogP contribution in [-0.4, -0.2) is 65.9 Å². The number of nitrogens with one attached hydrogen (secondary N) is 1. The molecule has 2 aliphatic heterocycles. The number of likely N-dealkylation sites (tertiary alicyclic amines) is 1. The maximum absolute atomic E-state index is 12.5. The Bertz CT molecular complexity index is 764. The van der Waals surface area contributed by atoms with Gasteiger partial charge in [-0.25, -0.2) is 4.79 Å². The Morgan fingerprint density at radius 2 is 1.75 bits per heavy atom. The summed E-state index contributed by atoms with van der Waals surface area (Å²) in [5.41, 5.74) is 0.769. The number of imide groups is 1. The number of piperidine rings is 1. The molecule has 0 radical (unpaired) electrons. The first kappa shape index (κ1) is 19.6. The van der Waals surface area contributed by atoms with Gasteiger partial charge in [0.05, 0.1) is 11.1 Å². The number of alkyl carbamates (subject to hydrolysis) is 1. The molecule has 0 saturated carbocycles. The minimum atomic E-state index is -0.490. The van der Waals surface area contributed by atoms with Gasteiger partial charge in [-0.2, -0.15) is 0 Å². The van der Waals surface area contributed by atoms with Crippen molar-refractivity contribution in [3.8, 4) is 0 Å². The molecule has 2 heterocycles. The van der Waals surface area contributed by atoms with Crippen LogP contribution in [0.4, 0.5) is 4.79 Å². The second kappa shape index (κ2) is 8.69. The van der Waals surface area contributed by atoms with Gasteiger partial charge in [0.1, 0.15) is 6.61 Å². The third-order valence-electron chi connectivity index (χ3n) is 4.93. The molecule has 0 unspecified atom stereocenters. The van der Waals surface area contributed by atoms with Crippen LogP contribution in [-0.2, 0) is 9.53 Å². The molecule has 0 aliphatic carbocycles. The van der Waals surface area contributed by atoms with Gasteiger partial charge in [0.25, 0.3) is 11.8 Å². The Balaban J connectivity index is 1.44. The summed E-state index contributed by atoms with van der Waals surface area (Å²) in [5.74, 6) is -0.812. The average molecular weight is 385 g/mol. The molecule has 8 nitrogen and oxygen atoms in total. The van der Waals surface area contributed by atoms with Crippen molar-refractivity contribution in [3.05, 3.63) is 48.0 Å². The number of nitrogens with zero attached hydrogens (tertiary/aromatic N) is 2. The predicted octanol–water partition coefficient (Wildman–Crippen LogP) is 1.58. The van der Waals surface area contributed by atoms with Crippen LogP contribution in [0, 0.1) is 0 Å². The molecule has 1 aromatic rings. The summed E-state index contributed by atoms with van der Waals surface area (Å²) in [6.45, 7) is 4.72. The molecule has 1 fully saturated rings. The van der Waals surface area contributed by atoms with Gasteiger partial charge in [0.15, 0.2) is 0 Å². The van der Waals surface area contributed by atoms with Crippen LogP contribution in [0.3, 0.4) is 0 Å². The van der Waals surface area contributed by atoms with Crippen LogP contribution < -0.4 is 5.32 Å². The minimum Gasteiger partial charge on any atom is -0.445 e. The van der Waals surface area contributed by atoms with Crippen molar-refractivity contribution in [2.24, 2.45) is 0 Å². The second-order valence-electron chi connectivity index (χ2n) is 6.74. The van der Waals surface area contributed by atoms with E-state index in [1.54, 1.807) is 29.2 Å². The van der Waals surface area contributed by atoms with Gasteiger partial charge in [-0.05, 0) is 25.0 Å². The van der Waals surface area contributed by atoms with E-state index >= 15 is 0 Å². The maximum Gasteiger partial charge on any atom is 0.407 e. The van der Waals surface area contributed by atoms with E-state index in [0.717, 1.165) is 4.90 Å². The van der Waals surface area contributed by atoms with Gasteiger partial charge < -0.3 is 15.0 Å². The fraction of sp³-hybridized carbons (Fsp3) is 0.400. The van der Waals surface area contributed by atoms with Crippen molar-refractivity contribution in [2.45, 2.75) is 25.3 Å². The maximum atomic E-state index is 12.5. The van der Waals surface area contributed by atoms with Crippen molar-refractivity contribution in [2.75, 3.05) is 26.2 Å². The third kappa shape index (κ3) is 4.21. The lowest BCUT2D eigenvalue weighted by molar-refractivity contribution is -0.132. The number of benzene rings is 1. The normalized spacial score (nSPS) is 16.7. The van der Waals surface area contributed by atoms with Gasteiger partial charge in [-0.15, -0.1) is 0 Å². The summed E-state index contributed by atoms with van der Waals surface area (Å²) < 4.78 is 4.89. The van der Waals surface area contributed by atoms with Gasteiger partial charge >= 0.3 is 6.09 Å². The predicted molar refractivity (Wildman–Crippen MR) is 101 cm³/mol. The molecule has 148 valence electrons. The quantitative estimate of drug-likeness (QED) is 0.592. The Hall–Kier alpha value is -3.16. The first-order valence-corrected chi connectivity index (χ1v) is 9.28. The molecule has 8 heteroatoms. The number of fused-ring (bicyclic) bond motifs is 1. The van der Waals surface area contributed by atoms with Gasteiger partial charge in [-0.1, -0.05) is 24.8 Å². The van der Waals surface area contributed by atoms with Crippen LogP contribution >= 0.6 is 0 Å². The van der Waals surface area contributed by atoms with Crippen LogP contribution in [0.1, 0.15) is 40.0 Å².